The molecule has 0 aromatic rings. The van der Waals surface area contributed by atoms with Crippen molar-refractivity contribution >= 4 is 6.03 Å². The molecule has 7 atom stereocenters. The molecule has 1 aliphatic carbocycles. The first-order valence-electron chi connectivity index (χ1n) is 9.40. The van der Waals surface area contributed by atoms with Crippen molar-refractivity contribution in [1.82, 2.24) is 26.6 Å². The number of hydrogen-bond donors (Lipinski definition) is 7. The summed E-state index contributed by atoms with van der Waals surface area (Å²) in [6.07, 6.45) is -8.32. The van der Waals surface area contributed by atoms with Crippen LogP contribution in [0.25, 0.3) is 0 Å². The zero-order chi connectivity index (χ0) is 20.9. The second-order valence-electron chi connectivity index (χ2n) is 7.49. The highest BCUT2D eigenvalue weighted by atomic mass is 19.4. The highest BCUT2D eigenvalue weighted by molar-refractivity contribution is 5.74. The van der Waals surface area contributed by atoms with Crippen molar-refractivity contribution in [2.24, 2.45) is 5.92 Å². The summed E-state index contributed by atoms with van der Waals surface area (Å²) in [5.74, 6) is -2.07. The van der Waals surface area contributed by atoms with Crippen LogP contribution in [-0.4, -0.2) is 72.4 Å². The van der Waals surface area contributed by atoms with E-state index in [1.54, 1.807) is 0 Å². The van der Waals surface area contributed by atoms with Gasteiger partial charge in [0.25, 0.3) is 0 Å². The topological polar surface area (TPSA) is 118 Å². The normalized spacial score (nSPS) is 35.2. The fraction of sp³-hybridized carbons (Fsp3) is 0.938. The first-order valence-corrected chi connectivity index (χ1v) is 9.40. The van der Waals surface area contributed by atoms with Crippen molar-refractivity contribution < 1.29 is 32.6 Å². The Kier molecular flexibility index (Phi) is 8.25. The lowest BCUT2D eigenvalue weighted by Crippen LogP contribution is -2.69. The van der Waals surface area contributed by atoms with Crippen LogP contribution in [0, 0.1) is 5.92 Å². The zero-order valence-electron chi connectivity index (χ0n) is 15.6. The van der Waals surface area contributed by atoms with Gasteiger partial charge in [-0.25, -0.2) is 9.18 Å². The number of halogens is 4. The van der Waals surface area contributed by atoms with Gasteiger partial charge in [0.2, 0.25) is 0 Å². The molecule has 7 unspecified atom stereocenters. The number of rotatable bonds is 6. The van der Waals surface area contributed by atoms with Crippen LogP contribution in [0.2, 0.25) is 0 Å². The van der Waals surface area contributed by atoms with Gasteiger partial charge in [-0.05, 0) is 32.6 Å². The number of hydrogen-bond acceptors (Lipinski definition) is 6. The molecule has 1 saturated heterocycles. The monoisotopic (exact) mass is 415 g/mol. The Morgan fingerprint density at radius 1 is 1.21 bits per heavy atom. The van der Waals surface area contributed by atoms with Crippen LogP contribution in [0.3, 0.4) is 0 Å². The van der Waals surface area contributed by atoms with Gasteiger partial charge in [0, 0.05) is 18.6 Å². The lowest BCUT2D eigenvalue weighted by Gasteiger charge is -2.38. The average Bonchev–Trinajstić information content (AvgIpc) is 2.59. The Bertz CT molecular complexity index is 513. The maximum absolute atomic E-state index is 13.6. The Labute approximate surface area is 160 Å². The van der Waals surface area contributed by atoms with Crippen LogP contribution < -0.4 is 26.6 Å². The van der Waals surface area contributed by atoms with Crippen LogP contribution in [-0.2, 0) is 0 Å². The molecule has 2 aliphatic rings. The molecule has 1 saturated carbocycles. The number of carbonyl (C=O) groups excluding carboxylic acids is 1. The van der Waals surface area contributed by atoms with E-state index in [0.29, 0.717) is 6.42 Å². The third-order valence-electron chi connectivity index (χ3n) is 5.02. The molecule has 0 aromatic heterocycles. The molecule has 2 fully saturated rings. The van der Waals surface area contributed by atoms with E-state index >= 15 is 0 Å². The lowest BCUT2D eigenvalue weighted by atomic mass is 9.84. The molecule has 0 bridgehead atoms. The quantitative estimate of drug-likeness (QED) is 0.304. The second-order valence-corrected chi connectivity index (χ2v) is 7.49. The van der Waals surface area contributed by atoms with Gasteiger partial charge in [0.1, 0.15) is 12.5 Å². The molecule has 0 radical (unpaired) electrons. The molecular weight excluding hydrogens is 386 g/mol. The van der Waals surface area contributed by atoms with Crippen molar-refractivity contribution in [3.05, 3.63) is 0 Å². The summed E-state index contributed by atoms with van der Waals surface area (Å²) in [6.45, 7) is 1.67. The van der Waals surface area contributed by atoms with Crippen molar-refractivity contribution in [3.63, 3.8) is 0 Å². The molecule has 8 nitrogen and oxygen atoms in total. The SMILES string of the molecule is CC1CC(NCC(O)CO)NC(NC(=O)NC2CCC(F)C(C(F)(F)F)C2)N1. The van der Waals surface area contributed by atoms with Gasteiger partial charge in [-0.1, -0.05) is 0 Å². The van der Waals surface area contributed by atoms with Gasteiger partial charge in [0.05, 0.1) is 24.8 Å². The largest absolute Gasteiger partial charge is 0.394 e. The van der Waals surface area contributed by atoms with Crippen LogP contribution >= 0.6 is 0 Å². The Balaban J connectivity index is 1.81. The fourth-order valence-corrected chi connectivity index (χ4v) is 3.55. The molecule has 2 rings (SSSR count). The third-order valence-corrected chi connectivity index (χ3v) is 5.02. The highest BCUT2D eigenvalue weighted by Gasteiger charge is 2.48. The van der Waals surface area contributed by atoms with E-state index in [4.69, 9.17) is 5.11 Å². The molecular formula is C16H29F4N5O3. The molecule has 0 spiro atoms. The predicted octanol–water partition coefficient (Wildman–Crippen LogP) is -0.121. The smallest absolute Gasteiger partial charge is 0.394 e. The van der Waals surface area contributed by atoms with Crippen molar-refractivity contribution in [2.75, 3.05) is 13.2 Å². The summed E-state index contributed by atoms with van der Waals surface area (Å²) in [5, 5.41) is 32.5. The number of amides is 2. The van der Waals surface area contributed by atoms with Crippen LogP contribution in [0.4, 0.5) is 22.4 Å². The summed E-state index contributed by atoms with van der Waals surface area (Å²) in [7, 11) is 0. The first-order chi connectivity index (χ1) is 13.1. The molecule has 2 amide bonds. The molecule has 28 heavy (non-hydrogen) atoms. The molecule has 12 heteroatoms. The highest BCUT2D eigenvalue weighted by Crippen LogP contribution is 2.39. The summed E-state index contributed by atoms with van der Waals surface area (Å²) in [5.41, 5.74) is 0. The Morgan fingerprint density at radius 2 is 1.93 bits per heavy atom. The summed E-state index contributed by atoms with van der Waals surface area (Å²) in [6, 6.07) is -1.41. The number of aliphatic hydroxyl groups is 2. The van der Waals surface area contributed by atoms with Gasteiger partial charge in [-0.3, -0.25) is 16.0 Å². The number of alkyl halides is 4. The summed E-state index contributed by atoms with van der Waals surface area (Å²) >= 11 is 0. The van der Waals surface area contributed by atoms with Gasteiger partial charge in [-0.2, -0.15) is 13.2 Å². The van der Waals surface area contributed by atoms with Crippen LogP contribution in [0.1, 0.15) is 32.6 Å². The Morgan fingerprint density at radius 3 is 2.57 bits per heavy atom. The van der Waals surface area contributed by atoms with Gasteiger partial charge < -0.3 is 20.8 Å². The van der Waals surface area contributed by atoms with E-state index in [-0.39, 0.29) is 38.2 Å². The minimum Gasteiger partial charge on any atom is -0.394 e. The maximum atomic E-state index is 13.6. The van der Waals surface area contributed by atoms with Crippen LogP contribution in [0.5, 0.6) is 0 Å². The standard InChI is InChI=1S/C16H29F4N5O3/c1-8-4-13(21-6-10(27)7-26)24-14(22-8)25-15(28)23-9-2-3-12(17)11(5-9)16(18,19)20/h8-14,21-22,24,26-27H,2-7H2,1H3,(H2,23,25,28). The van der Waals surface area contributed by atoms with E-state index in [9.17, 15) is 27.5 Å². The molecule has 1 aliphatic heterocycles. The number of urea groups is 1. The third kappa shape index (κ3) is 6.99. The minimum absolute atomic E-state index is 0.00639. The predicted molar refractivity (Wildman–Crippen MR) is 92.8 cm³/mol. The van der Waals surface area contributed by atoms with E-state index < -0.39 is 49.2 Å². The Hall–Kier alpha value is -1.21. The maximum Gasteiger partial charge on any atom is 0.394 e. The van der Waals surface area contributed by atoms with E-state index in [1.807, 2.05) is 6.92 Å². The van der Waals surface area contributed by atoms with E-state index in [2.05, 4.69) is 26.6 Å². The second kappa shape index (κ2) is 10.0. The zero-order valence-corrected chi connectivity index (χ0v) is 15.6. The van der Waals surface area contributed by atoms with Crippen molar-refractivity contribution in [1.29, 1.82) is 0 Å². The number of carbonyl (C=O) groups is 1. The van der Waals surface area contributed by atoms with Crippen molar-refractivity contribution in [3.8, 4) is 0 Å². The molecule has 7 N–H and O–H groups in total. The lowest BCUT2D eigenvalue weighted by molar-refractivity contribution is -0.199. The molecule has 1 heterocycles. The number of nitrogens with one attached hydrogen (secondary N) is 5. The van der Waals surface area contributed by atoms with Gasteiger partial charge in [-0.15, -0.1) is 0 Å². The number of aliphatic hydroxyl groups excluding tert-OH is 2. The van der Waals surface area contributed by atoms with Gasteiger partial charge in [0.15, 0.2) is 0 Å². The van der Waals surface area contributed by atoms with Gasteiger partial charge >= 0.3 is 12.2 Å². The summed E-state index contributed by atoms with van der Waals surface area (Å²) in [4.78, 5) is 12.2. The van der Waals surface area contributed by atoms with Crippen LogP contribution in [0.15, 0.2) is 0 Å². The van der Waals surface area contributed by atoms with E-state index in [1.165, 1.54) is 0 Å². The summed E-state index contributed by atoms with van der Waals surface area (Å²) < 4.78 is 52.2. The minimum atomic E-state index is -4.63. The fourth-order valence-electron chi connectivity index (χ4n) is 3.55. The average molecular weight is 415 g/mol. The van der Waals surface area contributed by atoms with E-state index in [0.717, 1.165) is 0 Å². The first kappa shape index (κ1) is 23.1. The van der Waals surface area contributed by atoms with Crippen molar-refractivity contribution in [2.45, 2.75) is 75.6 Å². The molecule has 0 aromatic carbocycles. The molecule has 164 valence electrons.